The molecule has 0 aromatic heterocycles. The molecule has 4 rings (SSSR count). The molecule has 1 aliphatic heterocycles. The van der Waals surface area contributed by atoms with Crippen LogP contribution < -0.4 is 10.4 Å². The molecule has 29 heavy (non-hydrogen) atoms. The summed E-state index contributed by atoms with van der Waals surface area (Å²) in [6.45, 7) is 9.10. The van der Waals surface area contributed by atoms with Crippen molar-refractivity contribution in [3.8, 4) is 0 Å². The van der Waals surface area contributed by atoms with Gasteiger partial charge in [-0.25, -0.2) is 0 Å². The van der Waals surface area contributed by atoms with E-state index in [9.17, 15) is 0 Å². The SMILES string of the molecule is CC(C)c1cc(C(C)C)cc(C2C=C(c3ccccc3)NN2c2ccccc2)c1. The van der Waals surface area contributed by atoms with Crippen molar-refractivity contribution in [3.05, 3.63) is 107 Å². The number of rotatable bonds is 5. The van der Waals surface area contributed by atoms with Gasteiger partial charge in [0, 0.05) is 0 Å². The van der Waals surface area contributed by atoms with Gasteiger partial charge in [-0.15, -0.1) is 0 Å². The molecule has 2 nitrogen and oxygen atoms in total. The Morgan fingerprint density at radius 1 is 0.724 bits per heavy atom. The van der Waals surface area contributed by atoms with Crippen molar-refractivity contribution >= 4 is 11.4 Å². The second kappa shape index (κ2) is 8.16. The van der Waals surface area contributed by atoms with Crippen molar-refractivity contribution in [1.82, 2.24) is 5.43 Å². The molecule has 3 aromatic rings. The molecule has 1 aliphatic rings. The van der Waals surface area contributed by atoms with Crippen LogP contribution in [0.3, 0.4) is 0 Å². The summed E-state index contributed by atoms with van der Waals surface area (Å²) in [6, 6.07) is 28.4. The molecule has 1 heterocycles. The monoisotopic (exact) mass is 382 g/mol. The van der Waals surface area contributed by atoms with E-state index in [1.54, 1.807) is 0 Å². The molecule has 0 fully saturated rings. The number of para-hydroxylation sites is 1. The van der Waals surface area contributed by atoms with Gasteiger partial charge in [-0.05, 0) is 52.3 Å². The molecule has 1 unspecified atom stereocenters. The fourth-order valence-electron chi connectivity index (χ4n) is 3.85. The van der Waals surface area contributed by atoms with E-state index in [1.807, 2.05) is 0 Å². The Bertz CT molecular complexity index is 961. The van der Waals surface area contributed by atoms with Gasteiger partial charge in [0.05, 0.1) is 17.4 Å². The van der Waals surface area contributed by atoms with Crippen molar-refractivity contribution in [2.24, 2.45) is 0 Å². The smallest absolute Gasteiger partial charge is 0.0958 e. The lowest BCUT2D eigenvalue weighted by Gasteiger charge is -2.29. The van der Waals surface area contributed by atoms with Gasteiger partial charge in [0.2, 0.25) is 0 Å². The van der Waals surface area contributed by atoms with Crippen LogP contribution in [0.15, 0.2) is 84.9 Å². The van der Waals surface area contributed by atoms with Gasteiger partial charge < -0.3 is 0 Å². The van der Waals surface area contributed by atoms with E-state index in [1.165, 1.54) is 27.9 Å². The Hall–Kier alpha value is -3.00. The number of hydrazine groups is 1. The van der Waals surface area contributed by atoms with Crippen molar-refractivity contribution in [1.29, 1.82) is 0 Å². The number of benzene rings is 3. The summed E-state index contributed by atoms with van der Waals surface area (Å²) in [5.41, 5.74) is 11.3. The molecular formula is C27H30N2. The minimum atomic E-state index is 0.142. The first-order chi connectivity index (χ1) is 14.0. The molecule has 0 spiro atoms. The lowest BCUT2D eigenvalue weighted by atomic mass is 9.90. The van der Waals surface area contributed by atoms with Crippen LogP contribution in [0, 0.1) is 0 Å². The van der Waals surface area contributed by atoms with Crippen molar-refractivity contribution < 1.29 is 0 Å². The summed E-state index contributed by atoms with van der Waals surface area (Å²) in [5, 5.41) is 2.28. The van der Waals surface area contributed by atoms with Crippen molar-refractivity contribution in [2.75, 3.05) is 5.01 Å². The van der Waals surface area contributed by atoms with E-state index in [0.717, 1.165) is 5.70 Å². The number of nitrogens with one attached hydrogen (secondary N) is 1. The molecule has 0 bridgehead atoms. The van der Waals surface area contributed by atoms with Crippen LogP contribution in [-0.4, -0.2) is 0 Å². The summed E-state index contributed by atoms with van der Waals surface area (Å²) in [6.07, 6.45) is 2.35. The summed E-state index contributed by atoms with van der Waals surface area (Å²) in [4.78, 5) is 0. The average Bonchev–Trinajstić information content (AvgIpc) is 3.20. The van der Waals surface area contributed by atoms with Gasteiger partial charge in [0.15, 0.2) is 0 Å². The first kappa shape index (κ1) is 19.3. The average molecular weight is 383 g/mol. The van der Waals surface area contributed by atoms with Crippen molar-refractivity contribution in [3.63, 3.8) is 0 Å². The number of anilines is 1. The third-order valence-electron chi connectivity index (χ3n) is 5.64. The van der Waals surface area contributed by atoms with E-state index in [2.05, 4.69) is 123 Å². The van der Waals surface area contributed by atoms with Gasteiger partial charge >= 0.3 is 0 Å². The maximum atomic E-state index is 3.66. The zero-order chi connectivity index (χ0) is 20.4. The zero-order valence-corrected chi connectivity index (χ0v) is 17.8. The Kier molecular flexibility index (Phi) is 5.44. The molecular weight excluding hydrogens is 352 g/mol. The lowest BCUT2D eigenvalue weighted by molar-refractivity contribution is 0.717. The molecule has 0 radical (unpaired) electrons. The maximum Gasteiger partial charge on any atom is 0.0958 e. The predicted molar refractivity (Wildman–Crippen MR) is 124 cm³/mol. The van der Waals surface area contributed by atoms with Gasteiger partial charge in [-0.2, -0.15) is 0 Å². The second-order valence-electron chi connectivity index (χ2n) is 8.45. The van der Waals surface area contributed by atoms with Gasteiger partial charge in [-0.3, -0.25) is 10.4 Å². The highest BCUT2D eigenvalue weighted by Crippen LogP contribution is 2.37. The molecule has 2 heteroatoms. The zero-order valence-electron chi connectivity index (χ0n) is 17.8. The van der Waals surface area contributed by atoms with Gasteiger partial charge in [0.25, 0.3) is 0 Å². The van der Waals surface area contributed by atoms with E-state index < -0.39 is 0 Å². The third kappa shape index (κ3) is 4.07. The van der Waals surface area contributed by atoms with Crippen molar-refractivity contribution in [2.45, 2.75) is 45.6 Å². The highest BCUT2D eigenvalue weighted by molar-refractivity contribution is 5.72. The van der Waals surface area contributed by atoms with E-state index in [-0.39, 0.29) is 6.04 Å². The van der Waals surface area contributed by atoms with E-state index in [4.69, 9.17) is 0 Å². The second-order valence-corrected chi connectivity index (χ2v) is 8.45. The molecule has 3 aromatic carbocycles. The molecule has 1 N–H and O–H groups in total. The quantitative estimate of drug-likeness (QED) is 0.509. The third-order valence-corrected chi connectivity index (χ3v) is 5.64. The van der Waals surface area contributed by atoms with Crippen LogP contribution >= 0.6 is 0 Å². The normalized spacial score (nSPS) is 16.3. The minimum Gasteiger partial charge on any atom is -0.297 e. The summed E-state index contributed by atoms with van der Waals surface area (Å²) in [5.74, 6) is 1.01. The Morgan fingerprint density at radius 3 is 1.83 bits per heavy atom. The fourth-order valence-corrected chi connectivity index (χ4v) is 3.85. The number of hydrogen-bond donors (Lipinski definition) is 1. The van der Waals surface area contributed by atoms with Crippen LogP contribution in [0.25, 0.3) is 5.70 Å². The first-order valence-corrected chi connectivity index (χ1v) is 10.6. The van der Waals surface area contributed by atoms with Crippen LogP contribution in [0.1, 0.15) is 67.8 Å². The van der Waals surface area contributed by atoms with Gasteiger partial charge in [0.1, 0.15) is 0 Å². The molecule has 0 amide bonds. The van der Waals surface area contributed by atoms with E-state index in [0.29, 0.717) is 11.8 Å². The van der Waals surface area contributed by atoms with Crippen LogP contribution in [0.2, 0.25) is 0 Å². The first-order valence-electron chi connectivity index (χ1n) is 10.6. The molecule has 0 saturated carbocycles. The highest BCUT2D eigenvalue weighted by Gasteiger charge is 2.28. The standard InChI is InChI=1S/C27H30N2/c1-19(2)22-15-23(20(3)4)17-24(16-22)27-18-26(21-11-7-5-8-12-21)28-29(27)25-13-9-6-10-14-25/h5-20,27-28H,1-4H3. The Balaban J connectivity index is 1.82. The number of hydrogen-bond acceptors (Lipinski definition) is 2. The number of nitrogens with zero attached hydrogens (tertiary/aromatic N) is 1. The van der Waals surface area contributed by atoms with Crippen LogP contribution in [-0.2, 0) is 0 Å². The predicted octanol–water partition coefficient (Wildman–Crippen LogP) is 7.04. The Morgan fingerprint density at radius 2 is 1.28 bits per heavy atom. The van der Waals surface area contributed by atoms with Crippen LogP contribution in [0.5, 0.6) is 0 Å². The largest absolute Gasteiger partial charge is 0.297 e. The Labute approximate surface area is 174 Å². The summed E-state index contributed by atoms with van der Waals surface area (Å²) in [7, 11) is 0. The lowest BCUT2D eigenvalue weighted by Crippen LogP contribution is -2.34. The fraction of sp³-hybridized carbons (Fsp3) is 0.259. The molecule has 0 aliphatic carbocycles. The summed E-state index contributed by atoms with van der Waals surface area (Å²) >= 11 is 0. The molecule has 148 valence electrons. The minimum absolute atomic E-state index is 0.142. The topological polar surface area (TPSA) is 15.3 Å². The van der Waals surface area contributed by atoms with E-state index >= 15 is 0 Å². The molecule has 1 atom stereocenters. The van der Waals surface area contributed by atoms with Crippen LogP contribution in [0.4, 0.5) is 5.69 Å². The maximum absolute atomic E-state index is 3.66. The highest BCUT2D eigenvalue weighted by atomic mass is 15.5. The van der Waals surface area contributed by atoms with Gasteiger partial charge in [-0.1, -0.05) is 94.4 Å². The molecule has 0 saturated heterocycles. The summed E-state index contributed by atoms with van der Waals surface area (Å²) < 4.78 is 0.